The summed E-state index contributed by atoms with van der Waals surface area (Å²) in [5, 5.41) is 5.68. The topological polar surface area (TPSA) is 63.2 Å². The van der Waals surface area contributed by atoms with Gasteiger partial charge in [0.2, 0.25) is 0 Å². The van der Waals surface area contributed by atoms with E-state index < -0.39 is 23.2 Å². The van der Waals surface area contributed by atoms with Gasteiger partial charge in [-0.15, -0.1) is 0 Å². The lowest BCUT2D eigenvalue weighted by molar-refractivity contribution is -0.137. The summed E-state index contributed by atoms with van der Waals surface area (Å²) < 4.78 is 45.9. The number of alkyl halides is 3. The molecule has 2 N–H and O–H groups in total. The number of hydrogen-bond acceptors (Lipinski definition) is 4. The molecule has 0 aliphatic carbocycles. The highest BCUT2D eigenvalue weighted by Gasteiger charge is 2.36. The molecule has 1 aliphatic heterocycles. The molecule has 1 fully saturated rings. The average Bonchev–Trinajstić information content (AvgIpc) is 2.70. The van der Waals surface area contributed by atoms with Gasteiger partial charge < -0.3 is 15.4 Å². The quantitative estimate of drug-likeness (QED) is 0.651. The van der Waals surface area contributed by atoms with Crippen LogP contribution in [0.15, 0.2) is 30.5 Å². The lowest BCUT2D eigenvalue weighted by Crippen LogP contribution is -2.33. The standard InChI is InChI=1S/C19H18Cl2F3N3O2/c20-14-2-1-3-15(17(14)21)27-16-8-13(19(22,23)24)12(10-25-16)18(28)26-9-11-4-6-29-7-5-11/h1-3,8,10-11H,4-7,9H2,(H,25,27)(H,26,28). The molecule has 156 valence electrons. The number of carbonyl (C=O) groups is 1. The van der Waals surface area contributed by atoms with E-state index >= 15 is 0 Å². The maximum absolute atomic E-state index is 13.6. The van der Waals surface area contributed by atoms with Gasteiger partial charge in [-0.25, -0.2) is 4.98 Å². The lowest BCUT2D eigenvalue weighted by atomic mass is 10.00. The smallest absolute Gasteiger partial charge is 0.381 e. The molecule has 2 aromatic rings. The molecule has 3 rings (SSSR count). The first kappa shape index (κ1) is 21.7. The number of rotatable bonds is 5. The van der Waals surface area contributed by atoms with Crippen LogP contribution >= 0.6 is 23.2 Å². The number of amides is 1. The van der Waals surface area contributed by atoms with Crippen molar-refractivity contribution in [3.8, 4) is 0 Å². The van der Waals surface area contributed by atoms with Crippen molar-refractivity contribution in [2.45, 2.75) is 19.0 Å². The third-order valence-electron chi connectivity index (χ3n) is 4.56. The predicted molar refractivity (Wildman–Crippen MR) is 105 cm³/mol. The number of pyridine rings is 1. The van der Waals surface area contributed by atoms with Crippen LogP contribution in [0.5, 0.6) is 0 Å². The van der Waals surface area contributed by atoms with E-state index in [-0.39, 0.29) is 28.3 Å². The maximum Gasteiger partial charge on any atom is 0.417 e. The summed E-state index contributed by atoms with van der Waals surface area (Å²) in [7, 11) is 0. The van der Waals surface area contributed by atoms with E-state index in [1.165, 1.54) is 0 Å². The summed E-state index contributed by atoms with van der Waals surface area (Å²) in [6.07, 6.45) is -2.31. The molecular formula is C19H18Cl2F3N3O2. The number of anilines is 2. The molecule has 0 spiro atoms. The molecule has 1 aromatic carbocycles. The van der Waals surface area contributed by atoms with E-state index in [0.29, 0.717) is 18.9 Å². The van der Waals surface area contributed by atoms with Crippen LogP contribution in [0.1, 0.15) is 28.8 Å². The molecule has 10 heteroatoms. The number of aromatic nitrogens is 1. The average molecular weight is 448 g/mol. The van der Waals surface area contributed by atoms with Gasteiger partial charge in [0.05, 0.1) is 26.9 Å². The highest BCUT2D eigenvalue weighted by Crippen LogP contribution is 2.35. The van der Waals surface area contributed by atoms with Gasteiger partial charge in [-0.1, -0.05) is 29.3 Å². The Balaban J connectivity index is 1.80. The van der Waals surface area contributed by atoms with Crippen LogP contribution in [0.2, 0.25) is 10.0 Å². The summed E-state index contributed by atoms with van der Waals surface area (Å²) in [6.45, 7) is 1.46. The van der Waals surface area contributed by atoms with Crippen LogP contribution < -0.4 is 10.6 Å². The Morgan fingerprint density at radius 1 is 1.24 bits per heavy atom. The zero-order valence-corrected chi connectivity index (χ0v) is 16.7. The third kappa shape index (κ3) is 5.52. The van der Waals surface area contributed by atoms with Crippen molar-refractivity contribution in [1.29, 1.82) is 0 Å². The van der Waals surface area contributed by atoms with Gasteiger partial charge in [0.15, 0.2) is 0 Å². The first-order chi connectivity index (χ1) is 13.8. The van der Waals surface area contributed by atoms with E-state index in [1.807, 2.05) is 0 Å². The molecule has 5 nitrogen and oxygen atoms in total. The second-order valence-electron chi connectivity index (χ2n) is 6.61. The first-order valence-corrected chi connectivity index (χ1v) is 9.65. The monoisotopic (exact) mass is 447 g/mol. The summed E-state index contributed by atoms with van der Waals surface area (Å²) in [5.74, 6) is -0.743. The Morgan fingerprint density at radius 2 is 1.97 bits per heavy atom. The number of nitrogens with one attached hydrogen (secondary N) is 2. The van der Waals surface area contributed by atoms with Crippen molar-refractivity contribution in [1.82, 2.24) is 10.3 Å². The predicted octanol–water partition coefficient (Wildman–Crippen LogP) is 5.31. The molecule has 29 heavy (non-hydrogen) atoms. The molecule has 0 unspecified atom stereocenters. The molecule has 0 radical (unpaired) electrons. The fourth-order valence-electron chi connectivity index (χ4n) is 2.96. The van der Waals surface area contributed by atoms with Crippen molar-refractivity contribution in [2.24, 2.45) is 5.92 Å². The normalized spacial score (nSPS) is 15.2. The number of hydrogen-bond donors (Lipinski definition) is 2. The molecular weight excluding hydrogens is 430 g/mol. The Hall–Kier alpha value is -2.03. The van der Waals surface area contributed by atoms with Crippen LogP contribution in [0.25, 0.3) is 0 Å². The number of halogens is 5. The van der Waals surface area contributed by atoms with Crippen LogP contribution in [-0.2, 0) is 10.9 Å². The van der Waals surface area contributed by atoms with E-state index in [0.717, 1.165) is 25.1 Å². The minimum atomic E-state index is -4.73. The fourth-order valence-corrected chi connectivity index (χ4v) is 3.31. The zero-order valence-electron chi connectivity index (χ0n) is 15.2. The second-order valence-corrected chi connectivity index (χ2v) is 7.39. The van der Waals surface area contributed by atoms with Gasteiger partial charge in [0.25, 0.3) is 5.91 Å². The summed E-state index contributed by atoms with van der Waals surface area (Å²) in [6, 6.07) is 5.48. The molecule has 0 saturated carbocycles. The van der Waals surface area contributed by atoms with Crippen LogP contribution in [0.3, 0.4) is 0 Å². The van der Waals surface area contributed by atoms with Crippen LogP contribution in [0, 0.1) is 5.92 Å². The van der Waals surface area contributed by atoms with Gasteiger partial charge in [0.1, 0.15) is 5.82 Å². The van der Waals surface area contributed by atoms with E-state index in [2.05, 4.69) is 15.6 Å². The summed E-state index contributed by atoms with van der Waals surface area (Å²) >= 11 is 12.0. The Morgan fingerprint density at radius 3 is 2.66 bits per heavy atom. The van der Waals surface area contributed by atoms with Crippen molar-refractivity contribution >= 4 is 40.6 Å². The van der Waals surface area contributed by atoms with Gasteiger partial charge in [-0.3, -0.25) is 4.79 Å². The molecule has 0 bridgehead atoms. The number of nitrogens with zero attached hydrogens (tertiary/aromatic N) is 1. The number of carbonyl (C=O) groups excluding carboxylic acids is 1. The Labute approximate surface area is 175 Å². The summed E-state index contributed by atoms with van der Waals surface area (Å²) in [5.41, 5.74) is -1.32. The van der Waals surface area contributed by atoms with Gasteiger partial charge >= 0.3 is 6.18 Å². The van der Waals surface area contributed by atoms with Gasteiger partial charge in [-0.2, -0.15) is 13.2 Å². The Kier molecular flexibility index (Phi) is 6.87. The highest BCUT2D eigenvalue weighted by atomic mass is 35.5. The van der Waals surface area contributed by atoms with E-state index in [4.69, 9.17) is 27.9 Å². The lowest BCUT2D eigenvalue weighted by Gasteiger charge is -2.22. The van der Waals surface area contributed by atoms with Crippen molar-refractivity contribution < 1.29 is 22.7 Å². The fraction of sp³-hybridized carbons (Fsp3) is 0.368. The van der Waals surface area contributed by atoms with Crippen molar-refractivity contribution in [3.05, 3.63) is 51.6 Å². The maximum atomic E-state index is 13.6. The van der Waals surface area contributed by atoms with Gasteiger partial charge in [0, 0.05) is 26.0 Å². The van der Waals surface area contributed by atoms with E-state index in [9.17, 15) is 18.0 Å². The Bertz CT molecular complexity index is 887. The molecule has 1 aromatic heterocycles. The SMILES string of the molecule is O=C(NCC1CCOCC1)c1cnc(Nc2cccc(Cl)c2Cl)cc1C(F)(F)F. The molecule has 0 atom stereocenters. The number of benzene rings is 1. The molecule has 1 saturated heterocycles. The first-order valence-electron chi connectivity index (χ1n) is 8.90. The third-order valence-corrected chi connectivity index (χ3v) is 5.38. The highest BCUT2D eigenvalue weighted by molar-refractivity contribution is 6.43. The minimum absolute atomic E-state index is 0.109. The number of ether oxygens (including phenoxy) is 1. The molecule has 1 aliphatic rings. The molecule has 1 amide bonds. The van der Waals surface area contributed by atoms with Crippen molar-refractivity contribution in [3.63, 3.8) is 0 Å². The minimum Gasteiger partial charge on any atom is -0.381 e. The second kappa shape index (κ2) is 9.19. The van der Waals surface area contributed by atoms with E-state index in [1.54, 1.807) is 18.2 Å². The summed E-state index contributed by atoms with van der Waals surface area (Å²) in [4.78, 5) is 16.3. The molecule has 2 heterocycles. The largest absolute Gasteiger partial charge is 0.417 e. The zero-order chi connectivity index (χ0) is 21.0. The van der Waals surface area contributed by atoms with Crippen molar-refractivity contribution in [2.75, 3.05) is 25.1 Å². The van der Waals surface area contributed by atoms with Crippen LogP contribution in [0.4, 0.5) is 24.7 Å². The van der Waals surface area contributed by atoms with Gasteiger partial charge in [-0.05, 0) is 37.0 Å². The van der Waals surface area contributed by atoms with Crippen LogP contribution in [-0.4, -0.2) is 30.6 Å².